The molecule has 2 N–H and O–H groups in total. The highest BCUT2D eigenvalue weighted by molar-refractivity contribution is 7.18. The number of methoxy groups -OCH3 is 1. The van der Waals surface area contributed by atoms with Gasteiger partial charge in [-0.1, -0.05) is 38.1 Å². The lowest BCUT2D eigenvalue weighted by atomic mass is 9.83. The summed E-state index contributed by atoms with van der Waals surface area (Å²) in [6, 6.07) is 13.0. The van der Waals surface area contributed by atoms with Crippen LogP contribution in [-0.2, 0) is 5.16 Å². The molecule has 3 heterocycles. The van der Waals surface area contributed by atoms with Crippen LogP contribution in [0.1, 0.15) is 56.4 Å². The number of benzene rings is 1. The van der Waals surface area contributed by atoms with Crippen LogP contribution >= 0.6 is 9.24 Å². The van der Waals surface area contributed by atoms with E-state index in [1.165, 1.54) is 11.1 Å². The number of nitrogens with two attached hydrogens (primary N) is 1. The Balaban J connectivity index is 1.59. The van der Waals surface area contributed by atoms with Crippen molar-refractivity contribution in [2.75, 3.05) is 25.6 Å². The van der Waals surface area contributed by atoms with E-state index in [4.69, 9.17) is 20.6 Å². The third-order valence-electron chi connectivity index (χ3n) is 6.33. The van der Waals surface area contributed by atoms with Gasteiger partial charge in [-0.25, -0.2) is 9.98 Å². The molecule has 1 fully saturated rings. The summed E-state index contributed by atoms with van der Waals surface area (Å²) in [5, 5.41) is 7.12. The Hall–Kier alpha value is -2.92. The zero-order valence-electron chi connectivity index (χ0n) is 20.7. The molecule has 2 aromatic rings. The summed E-state index contributed by atoms with van der Waals surface area (Å²) >= 11 is 0. The van der Waals surface area contributed by atoms with Gasteiger partial charge in [0.2, 0.25) is 5.88 Å². The van der Waals surface area contributed by atoms with Crippen LogP contribution in [0.2, 0.25) is 0 Å². The van der Waals surface area contributed by atoms with Gasteiger partial charge in [0.05, 0.1) is 13.2 Å². The molecule has 180 valence electrons. The van der Waals surface area contributed by atoms with Crippen LogP contribution in [0.5, 0.6) is 5.88 Å². The van der Waals surface area contributed by atoms with Crippen LogP contribution in [-0.4, -0.2) is 48.8 Å². The Morgan fingerprint density at radius 3 is 2.79 bits per heavy atom. The Morgan fingerprint density at radius 2 is 2.09 bits per heavy atom. The average molecular weight is 479 g/mol. The quantitative estimate of drug-likeness (QED) is 0.621. The number of piperidine rings is 1. The zero-order chi connectivity index (χ0) is 24.5. The molecule has 1 saturated heterocycles. The maximum absolute atomic E-state index is 5.83. The first-order valence-corrected chi connectivity index (χ1v) is 12.3. The molecule has 4 rings (SSSR count). The lowest BCUT2D eigenvalue weighted by Gasteiger charge is -2.39. The molecule has 7 nitrogen and oxygen atoms in total. The Kier molecular flexibility index (Phi) is 6.94. The Bertz CT molecular complexity index is 1130. The van der Waals surface area contributed by atoms with Crippen LogP contribution in [0.25, 0.3) is 0 Å². The molecule has 2 aliphatic rings. The van der Waals surface area contributed by atoms with Crippen LogP contribution in [0, 0.1) is 0 Å². The number of ether oxygens (including phenoxy) is 1. The SMILES string of the molecule is COc1nc(C2=NN3CCC[C@H](c4cccc(C(C)(C)P)c4)C3C=N2)ccc1N(C)/C=C(/C)N. The smallest absolute Gasteiger partial charge is 0.238 e. The van der Waals surface area contributed by atoms with Crippen molar-refractivity contribution in [1.82, 2.24) is 9.99 Å². The van der Waals surface area contributed by atoms with Gasteiger partial charge >= 0.3 is 0 Å². The number of hydrogen-bond donors (Lipinski definition) is 1. The van der Waals surface area contributed by atoms with Gasteiger partial charge in [0.25, 0.3) is 0 Å². The topological polar surface area (TPSA) is 79.3 Å². The van der Waals surface area contributed by atoms with Crippen molar-refractivity contribution in [1.29, 1.82) is 0 Å². The number of rotatable bonds is 6. The molecular weight excluding hydrogens is 443 g/mol. The van der Waals surface area contributed by atoms with Crippen LogP contribution < -0.4 is 15.4 Å². The number of hydrazone groups is 1. The molecule has 0 radical (unpaired) electrons. The van der Waals surface area contributed by atoms with Crippen molar-refractivity contribution in [3.63, 3.8) is 0 Å². The summed E-state index contributed by atoms with van der Waals surface area (Å²) in [6.45, 7) is 7.20. The number of aromatic nitrogens is 1. The Labute approximate surface area is 205 Å². The maximum Gasteiger partial charge on any atom is 0.238 e. The summed E-state index contributed by atoms with van der Waals surface area (Å²) in [4.78, 5) is 11.3. The van der Waals surface area contributed by atoms with E-state index in [0.29, 0.717) is 29.0 Å². The van der Waals surface area contributed by atoms with E-state index < -0.39 is 0 Å². The number of anilines is 1. The second-order valence-corrected chi connectivity index (χ2v) is 11.1. The second-order valence-electron chi connectivity index (χ2n) is 9.66. The fraction of sp³-hybridized carbons (Fsp3) is 0.423. The molecule has 0 amide bonds. The predicted molar refractivity (Wildman–Crippen MR) is 144 cm³/mol. The molecule has 1 aromatic heterocycles. The van der Waals surface area contributed by atoms with E-state index in [0.717, 1.165) is 25.1 Å². The molecule has 3 atom stereocenters. The third kappa shape index (κ3) is 5.10. The summed E-state index contributed by atoms with van der Waals surface area (Å²) in [7, 11) is 6.47. The minimum atomic E-state index is 0.0416. The summed E-state index contributed by atoms with van der Waals surface area (Å²) < 4.78 is 5.55. The van der Waals surface area contributed by atoms with E-state index in [9.17, 15) is 0 Å². The summed E-state index contributed by atoms with van der Waals surface area (Å²) in [5.41, 5.74) is 10.7. The van der Waals surface area contributed by atoms with Crippen LogP contribution in [0.4, 0.5) is 5.69 Å². The lowest BCUT2D eigenvalue weighted by Crippen LogP contribution is -2.44. The molecule has 2 unspecified atom stereocenters. The molecule has 1 aromatic carbocycles. The molecule has 0 spiro atoms. The normalized spacial score (nSPS) is 20.6. The highest BCUT2D eigenvalue weighted by Gasteiger charge is 2.34. The van der Waals surface area contributed by atoms with Gasteiger partial charge in [-0.2, -0.15) is 5.10 Å². The number of hydrogen-bond acceptors (Lipinski definition) is 7. The van der Waals surface area contributed by atoms with Gasteiger partial charge in [0.1, 0.15) is 11.4 Å². The number of pyridine rings is 1. The van der Waals surface area contributed by atoms with Gasteiger partial charge in [-0.15, -0.1) is 9.24 Å². The molecule has 34 heavy (non-hydrogen) atoms. The lowest BCUT2D eigenvalue weighted by molar-refractivity contribution is 0.178. The van der Waals surface area contributed by atoms with Crippen molar-refractivity contribution in [2.45, 2.75) is 50.7 Å². The monoisotopic (exact) mass is 478 g/mol. The van der Waals surface area contributed by atoms with Crippen molar-refractivity contribution >= 4 is 27.0 Å². The van der Waals surface area contributed by atoms with Crippen molar-refractivity contribution in [2.24, 2.45) is 15.8 Å². The van der Waals surface area contributed by atoms with Crippen molar-refractivity contribution < 1.29 is 4.74 Å². The van der Waals surface area contributed by atoms with Gasteiger partial charge in [-0.3, -0.25) is 5.01 Å². The van der Waals surface area contributed by atoms with E-state index in [2.05, 4.69) is 57.3 Å². The van der Waals surface area contributed by atoms with E-state index in [-0.39, 0.29) is 11.2 Å². The summed E-state index contributed by atoms with van der Waals surface area (Å²) in [5.74, 6) is 1.47. The van der Waals surface area contributed by atoms with Gasteiger partial charge in [0, 0.05) is 42.8 Å². The minimum Gasteiger partial charge on any atom is -0.479 e. The van der Waals surface area contributed by atoms with Gasteiger partial charge in [0.15, 0.2) is 5.84 Å². The van der Waals surface area contributed by atoms with E-state index >= 15 is 0 Å². The second kappa shape index (κ2) is 9.75. The van der Waals surface area contributed by atoms with E-state index in [1.807, 2.05) is 43.4 Å². The van der Waals surface area contributed by atoms with Gasteiger partial charge < -0.3 is 15.4 Å². The number of fused-ring (bicyclic) bond motifs is 1. The third-order valence-corrected chi connectivity index (χ3v) is 6.66. The standard InChI is InChI=1S/C26H35N6OP/c1-17(27)16-31(4)22-12-11-21(29-25(22)33-5)24-28-15-23-20(10-7-13-32(23)30-24)18-8-6-9-19(14-18)26(2,3)34/h6,8-9,11-12,14-16,20,23H,7,10,13,27,34H2,1-5H3/b17-16-/t20-,23?/m1/s1. The average Bonchev–Trinajstić information content (AvgIpc) is 2.82. The number of allylic oxidation sites excluding steroid dienone is 1. The minimum absolute atomic E-state index is 0.0416. The molecule has 2 aliphatic heterocycles. The number of amidine groups is 1. The molecule has 0 bridgehead atoms. The Morgan fingerprint density at radius 1 is 1.29 bits per heavy atom. The highest BCUT2D eigenvalue weighted by atomic mass is 31.0. The van der Waals surface area contributed by atoms with Crippen LogP contribution in [0.3, 0.4) is 0 Å². The van der Waals surface area contributed by atoms with Crippen molar-refractivity contribution in [3.8, 4) is 5.88 Å². The number of nitrogens with zero attached hydrogens (tertiary/aromatic N) is 5. The fourth-order valence-electron chi connectivity index (χ4n) is 4.60. The summed E-state index contributed by atoms with van der Waals surface area (Å²) in [6.07, 6.45) is 6.09. The predicted octanol–water partition coefficient (Wildman–Crippen LogP) is 4.45. The first-order chi connectivity index (χ1) is 16.2. The molecule has 0 aliphatic carbocycles. The first kappa shape index (κ1) is 24.2. The number of aliphatic imine (C=N–C) groups is 1. The maximum atomic E-state index is 5.83. The van der Waals surface area contributed by atoms with Crippen LogP contribution in [0.15, 0.2) is 58.4 Å². The first-order valence-electron chi connectivity index (χ1n) is 11.7. The molecule has 0 saturated carbocycles. The molecular formula is C26H35N6OP. The van der Waals surface area contributed by atoms with Crippen molar-refractivity contribution in [3.05, 3.63) is 65.1 Å². The highest BCUT2D eigenvalue weighted by Crippen LogP contribution is 2.37. The van der Waals surface area contributed by atoms with Gasteiger partial charge in [-0.05, 0) is 43.0 Å². The largest absolute Gasteiger partial charge is 0.479 e. The molecule has 8 heteroatoms. The van der Waals surface area contributed by atoms with E-state index in [1.54, 1.807) is 7.11 Å². The fourth-order valence-corrected chi connectivity index (χ4v) is 4.77. The zero-order valence-corrected chi connectivity index (χ0v) is 21.8.